The van der Waals surface area contributed by atoms with Gasteiger partial charge in [-0.25, -0.2) is 4.39 Å². The Morgan fingerprint density at radius 2 is 1.81 bits per heavy atom. The Morgan fingerprint density at radius 1 is 1.12 bits per heavy atom. The molecule has 0 fully saturated rings. The third-order valence-electron chi connectivity index (χ3n) is 1.74. The van der Waals surface area contributed by atoms with Crippen LogP contribution in [0.3, 0.4) is 0 Å². The minimum atomic E-state index is -0.324. The van der Waals surface area contributed by atoms with E-state index in [1.807, 2.05) is 0 Å². The number of benzene rings is 1. The minimum Gasteiger partial charge on any atom is -0.511 e. The van der Waals surface area contributed by atoms with Gasteiger partial charge in [0.15, 0.2) is 0 Å². The van der Waals surface area contributed by atoms with E-state index < -0.39 is 0 Å². The van der Waals surface area contributed by atoms with Crippen LogP contribution in [0.2, 0.25) is 0 Å². The monoisotopic (exact) mass is 264 g/mol. The molecule has 0 amide bonds. The third-order valence-corrected chi connectivity index (χ3v) is 1.74. The number of hydrogen-bond donors (Lipinski definition) is 0. The van der Waals surface area contributed by atoms with Gasteiger partial charge in [0.25, 0.3) is 5.95 Å². The number of hydrogen-bond acceptors (Lipinski definition) is 2. The minimum absolute atomic E-state index is 0. The van der Waals surface area contributed by atoms with Crippen molar-refractivity contribution >= 4 is 0 Å². The van der Waals surface area contributed by atoms with E-state index in [1.54, 1.807) is 12.1 Å². The van der Waals surface area contributed by atoms with E-state index in [2.05, 4.69) is 5.92 Å². The summed E-state index contributed by atoms with van der Waals surface area (Å²) in [6, 6.07) is 8.70. The molecule has 16 heavy (non-hydrogen) atoms. The van der Waals surface area contributed by atoms with Crippen LogP contribution in [0.1, 0.15) is 5.76 Å². The van der Waals surface area contributed by atoms with Crippen LogP contribution in [0.5, 0.6) is 11.7 Å². The summed E-state index contributed by atoms with van der Waals surface area (Å²) in [5.74, 6) is 2.77. The molecule has 0 aliphatic carbocycles. The second kappa shape index (κ2) is 5.41. The molecule has 2 aromatic rings. The molecule has 0 bridgehead atoms. The summed E-state index contributed by atoms with van der Waals surface area (Å²) in [5, 5.41) is 0. The molecule has 2 nitrogen and oxygen atoms in total. The summed E-state index contributed by atoms with van der Waals surface area (Å²) in [6.45, 7) is 0. The van der Waals surface area contributed by atoms with Crippen molar-refractivity contribution in [3.05, 3.63) is 54.4 Å². The quantitative estimate of drug-likeness (QED) is 0.472. The summed E-state index contributed by atoms with van der Waals surface area (Å²) in [6.07, 6.45) is 6.82. The molecular formula is C12H6CuFO2. The Labute approximate surface area is 103 Å². The molecule has 0 aliphatic heterocycles. The molecule has 0 spiro atoms. The SMILES string of the molecule is [C-]#Cc1ccc(Oc2ccc(F)cc2)o1.[Cu+]. The molecule has 0 N–H and O–H groups in total. The van der Waals surface area contributed by atoms with E-state index in [1.165, 1.54) is 24.3 Å². The number of rotatable bonds is 2. The molecule has 0 aliphatic rings. The van der Waals surface area contributed by atoms with Gasteiger partial charge < -0.3 is 15.6 Å². The molecule has 2 rings (SSSR count). The Kier molecular flexibility index (Phi) is 4.18. The van der Waals surface area contributed by atoms with Crippen LogP contribution in [0.15, 0.2) is 40.8 Å². The summed E-state index contributed by atoms with van der Waals surface area (Å²) < 4.78 is 22.9. The zero-order valence-corrected chi connectivity index (χ0v) is 8.90. The summed E-state index contributed by atoms with van der Waals surface area (Å²) in [5.41, 5.74) is 0. The second-order valence-corrected chi connectivity index (χ2v) is 2.80. The molecule has 4 heteroatoms. The van der Waals surface area contributed by atoms with Crippen molar-refractivity contribution in [2.24, 2.45) is 0 Å². The molecule has 0 atom stereocenters. The van der Waals surface area contributed by atoms with E-state index in [0.717, 1.165) is 0 Å². The standard InChI is InChI=1S/C12H6FO2.Cu/c1-2-10-7-8-12(14-10)15-11-5-3-9(13)4-6-11;/h3-8H;/q-1;+1. The maximum Gasteiger partial charge on any atom is 1.00 e. The summed E-state index contributed by atoms with van der Waals surface area (Å²) in [4.78, 5) is 0. The zero-order valence-electron chi connectivity index (χ0n) is 7.96. The van der Waals surface area contributed by atoms with Gasteiger partial charge in [-0.1, -0.05) is 6.07 Å². The van der Waals surface area contributed by atoms with Gasteiger partial charge in [0, 0.05) is 11.8 Å². The molecular weight excluding hydrogens is 259 g/mol. The van der Waals surface area contributed by atoms with E-state index in [9.17, 15) is 4.39 Å². The fourth-order valence-electron chi connectivity index (χ4n) is 1.06. The smallest absolute Gasteiger partial charge is 0.511 e. The van der Waals surface area contributed by atoms with Gasteiger partial charge in [-0.3, -0.25) is 5.92 Å². The molecule has 0 radical (unpaired) electrons. The molecule has 1 aromatic heterocycles. The molecule has 1 heterocycles. The van der Waals surface area contributed by atoms with Crippen molar-refractivity contribution in [1.82, 2.24) is 0 Å². The van der Waals surface area contributed by atoms with Crippen LogP contribution in [-0.2, 0) is 17.1 Å². The number of halogens is 1. The molecule has 1 aromatic carbocycles. The number of furan rings is 1. The van der Waals surface area contributed by atoms with E-state index in [-0.39, 0.29) is 34.6 Å². The van der Waals surface area contributed by atoms with Crippen LogP contribution in [0.4, 0.5) is 4.39 Å². The van der Waals surface area contributed by atoms with Crippen LogP contribution < -0.4 is 4.74 Å². The third kappa shape index (κ3) is 2.90. The van der Waals surface area contributed by atoms with Gasteiger partial charge in [0.1, 0.15) is 11.6 Å². The summed E-state index contributed by atoms with van der Waals surface area (Å²) >= 11 is 0. The summed E-state index contributed by atoms with van der Waals surface area (Å²) in [7, 11) is 0. The van der Waals surface area contributed by atoms with Gasteiger partial charge in [-0.2, -0.15) is 0 Å². The van der Waals surface area contributed by atoms with Crippen molar-refractivity contribution < 1.29 is 30.6 Å². The molecule has 84 valence electrons. The average Bonchev–Trinajstić information content (AvgIpc) is 2.69. The maximum absolute atomic E-state index is 12.6. The normalized spacial score (nSPS) is 9.00. The first-order chi connectivity index (χ1) is 7.28. The molecule has 0 saturated heterocycles. The average molecular weight is 265 g/mol. The fraction of sp³-hybridized carbons (Fsp3) is 0. The van der Waals surface area contributed by atoms with Gasteiger partial charge in [0.05, 0.1) is 0 Å². The first kappa shape index (κ1) is 12.4. The molecule has 0 saturated carbocycles. The molecule has 0 unspecified atom stereocenters. The first-order valence-electron chi connectivity index (χ1n) is 4.24. The van der Waals surface area contributed by atoms with Crippen molar-refractivity contribution in [1.29, 1.82) is 0 Å². The van der Waals surface area contributed by atoms with Crippen molar-refractivity contribution in [2.45, 2.75) is 0 Å². The largest absolute Gasteiger partial charge is 1.00 e. The van der Waals surface area contributed by atoms with E-state index >= 15 is 0 Å². The first-order valence-corrected chi connectivity index (χ1v) is 4.24. The predicted molar refractivity (Wildman–Crippen MR) is 51.4 cm³/mol. The van der Waals surface area contributed by atoms with Crippen LogP contribution in [-0.4, -0.2) is 0 Å². The van der Waals surface area contributed by atoms with Crippen molar-refractivity contribution in [3.8, 4) is 17.6 Å². The van der Waals surface area contributed by atoms with E-state index in [0.29, 0.717) is 5.75 Å². The van der Waals surface area contributed by atoms with E-state index in [4.69, 9.17) is 15.6 Å². The van der Waals surface area contributed by atoms with Gasteiger partial charge in [0.2, 0.25) is 0 Å². The van der Waals surface area contributed by atoms with Crippen LogP contribution >= 0.6 is 0 Å². The Balaban J connectivity index is 0.00000128. The van der Waals surface area contributed by atoms with Gasteiger partial charge >= 0.3 is 17.1 Å². The second-order valence-electron chi connectivity index (χ2n) is 2.80. The van der Waals surface area contributed by atoms with Crippen molar-refractivity contribution in [2.75, 3.05) is 0 Å². The maximum atomic E-state index is 12.6. The Hall–Kier alpha value is -1.69. The van der Waals surface area contributed by atoms with Crippen LogP contribution in [0.25, 0.3) is 0 Å². The van der Waals surface area contributed by atoms with Crippen LogP contribution in [0, 0.1) is 18.2 Å². The van der Waals surface area contributed by atoms with Gasteiger partial charge in [-0.15, -0.1) is 0 Å². The predicted octanol–water partition coefficient (Wildman–Crippen LogP) is 3.15. The van der Waals surface area contributed by atoms with Gasteiger partial charge in [-0.05, 0) is 24.3 Å². The Morgan fingerprint density at radius 3 is 2.38 bits per heavy atom. The Bertz CT molecular complexity index is 496. The van der Waals surface area contributed by atoms with Crippen molar-refractivity contribution in [3.63, 3.8) is 0 Å². The fourth-order valence-corrected chi connectivity index (χ4v) is 1.06. The zero-order chi connectivity index (χ0) is 10.7. The number of ether oxygens (including phenoxy) is 1. The topological polar surface area (TPSA) is 22.4 Å².